The fourth-order valence-electron chi connectivity index (χ4n) is 4.04. The summed E-state index contributed by atoms with van der Waals surface area (Å²) in [6, 6.07) is 17.5. The molecule has 0 radical (unpaired) electrons. The lowest BCUT2D eigenvalue weighted by Crippen LogP contribution is -2.32. The summed E-state index contributed by atoms with van der Waals surface area (Å²) in [5.74, 6) is 0.0705. The number of halogens is 1. The zero-order valence-corrected chi connectivity index (χ0v) is 23.5. The summed E-state index contributed by atoms with van der Waals surface area (Å²) in [5, 5.41) is 12.5. The maximum absolute atomic E-state index is 14.3. The highest BCUT2D eigenvalue weighted by molar-refractivity contribution is 7.07. The number of para-hydroxylation sites is 3. The van der Waals surface area contributed by atoms with Crippen molar-refractivity contribution in [2.45, 2.75) is 6.92 Å². The first-order chi connectivity index (χ1) is 19.9. The minimum Gasteiger partial charge on any atom is -0.496 e. The number of carbonyl (C=O) groups is 1. The van der Waals surface area contributed by atoms with Crippen molar-refractivity contribution in [1.29, 1.82) is 5.26 Å². The summed E-state index contributed by atoms with van der Waals surface area (Å²) in [5.41, 5.74) is -0.182. The van der Waals surface area contributed by atoms with E-state index in [-0.39, 0.29) is 20.5 Å². The number of amides is 1. The fraction of sp³-hybridized carbons (Fsp3) is 0.167. The van der Waals surface area contributed by atoms with Gasteiger partial charge in [-0.15, -0.1) is 11.3 Å². The van der Waals surface area contributed by atoms with Crippen LogP contribution in [0, 0.1) is 17.1 Å². The number of hydrogen-bond donors (Lipinski definition) is 1. The van der Waals surface area contributed by atoms with Gasteiger partial charge in [-0.3, -0.25) is 14.2 Å². The molecule has 0 bridgehead atoms. The number of rotatable bonds is 9. The molecule has 1 aromatic heterocycles. The van der Waals surface area contributed by atoms with Crippen molar-refractivity contribution in [3.8, 4) is 34.8 Å². The Labute approximate surface area is 238 Å². The smallest absolute Gasteiger partial charge is 0.273 e. The van der Waals surface area contributed by atoms with Crippen LogP contribution in [-0.4, -0.2) is 38.4 Å². The third-order valence-corrected chi connectivity index (χ3v) is 7.02. The predicted molar refractivity (Wildman–Crippen MR) is 154 cm³/mol. The van der Waals surface area contributed by atoms with Crippen molar-refractivity contribution in [2.24, 2.45) is 0 Å². The number of anilines is 1. The lowest BCUT2D eigenvalue weighted by molar-refractivity contribution is -0.111. The lowest BCUT2D eigenvalue weighted by atomic mass is 10.1. The van der Waals surface area contributed by atoms with Gasteiger partial charge in [0.1, 0.15) is 28.0 Å². The molecule has 1 N–H and O–H groups in total. The maximum Gasteiger partial charge on any atom is 0.273 e. The van der Waals surface area contributed by atoms with Crippen molar-refractivity contribution < 1.29 is 28.1 Å². The SMILES string of the molecule is CCOc1ccccc1-n1c(=O)/c(=C\c2cc(OC)c(OC)cc2OC)s/c1=C(/C#N)C(=O)Nc1ccccc1F. The Kier molecular flexibility index (Phi) is 9.06. The first kappa shape index (κ1) is 28.9. The molecule has 0 unspecified atom stereocenters. The maximum atomic E-state index is 14.3. The van der Waals surface area contributed by atoms with E-state index in [0.29, 0.717) is 40.9 Å². The number of nitriles is 1. The van der Waals surface area contributed by atoms with E-state index < -0.39 is 17.3 Å². The van der Waals surface area contributed by atoms with Crippen molar-refractivity contribution in [3.63, 3.8) is 0 Å². The molecule has 1 amide bonds. The van der Waals surface area contributed by atoms with E-state index in [2.05, 4.69) is 5.32 Å². The number of hydrogen-bond acceptors (Lipinski definition) is 8. The van der Waals surface area contributed by atoms with Crippen molar-refractivity contribution >= 4 is 34.6 Å². The number of methoxy groups -OCH3 is 3. The average molecular weight is 576 g/mol. The van der Waals surface area contributed by atoms with E-state index in [0.717, 1.165) is 11.3 Å². The Hall–Kier alpha value is -5.08. The first-order valence-electron chi connectivity index (χ1n) is 12.3. The van der Waals surface area contributed by atoms with Crippen LogP contribution in [0.1, 0.15) is 12.5 Å². The van der Waals surface area contributed by atoms with Gasteiger partial charge in [-0.05, 0) is 43.3 Å². The number of ether oxygens (including phenoxy) is 4. The van der Waals surface area contributed by atoms with Crippen LogP contribution in [0.5, 0.6) is 23.0 Å². The van der Waals surface area contributed by atoms with E-state index in [4.69, 9.17) is 18.9 Å². The molecule has 0 aliphatic heterocycles. The van der Waals surface area contributed by atoms with Crippen LogP contribution in [0.3, 0.4) is 0 Å². The highest BCUT2D eigenvalue weighted by Crippen LogP contribution is 2.35. The van der Waals surface area contributed by atoms with E-state index in [1.807, 2.05) is 6.07 Å². The highest BCUT2D eigenvalue weighted by Gasteiger charge is 2.20. The van der Waals surface area contributed by atoms with Crippen LogP contribution in [0.4, 0.5) is 10.1 Å². The molecule has 0 spiro atoms. The standard InChI is InChI=1S/C30H26FN3O6S/c1-5-40-23-13-9-8-12-22(23)34-29(36)27(15-18-14-25(38-3)26(39-4)16-24(18)37-2)41-30(34)19(17-32)28(35)33-21-11-7-6-10-20(21)31/h6-16H,5H2,1-4H3,(H,33,35)/b27-15+,30-19-. The van der Waals surface area contributed by atoms with Crippen LogP contribution in [0.25, 0.3) is 17.3 Å². The molecule has 4 aromatic rings. The quantitative estimate of drug-likeness (QED) is 0.325. The number of carbonyl (C=O) groups excluding carboxylic acids is 1. The topological polar surface area (TPSA) is 112 Å². The third kappa shape index (κ3) is 5.92. The van der Waals surface area contributed by atoms with Gasteiger partial charge in [0.2, 0.25) is 0 Å². The van der Waals surface area contributed by atoms with Gasteiger partial charge in [0, 0.05) is 11.6 Å². The Balaban J connectivity index is 2.05. The summed E-state index contributed by atoms with van der Waals surface area (Å²) in [4.78, 5) is 27.2. The second kappa shape index (κ2) is 12.8. The minimum atomic E-state index is -0.878. The Morgan fingerprint density at radius 2 is 1.66 bits per heavy atom. The molecule has 0 aliphatic carbocycles. The van der Waals surface area contributed by atoms with Gasteiger partial charge >= 0.3 is 0 Å². The van der Waals surface area contributed by atoms with Crippen LogP contribution in [-0.2, 0) is 4.79 Å². The minimum absolute atomic E-state index is 0.0317. The molecule has 0 atom stereocenters. The molecule has 9 nitrogen and oxygen atoms in total. The molecule has 11 heteroatoms. The molecular weight excluding hydrogens is 549 g/mol. The van der Waals surface area contributed by atoms with Gasteiger partial charge < -0.3 is 24.3 Å². The van der Waals surface area contributed by atoms with Gasteiger partial charge in [0.15, 0.2) is 17.1 Å². The molecule has 1 heterocycles. The average Bonchev–Trinajstić information content (AvgIpc) is 3.29. The van der Waals surface area contributed by atoms with Crippen LogP contribution in [0.2, 0.25) is 0 Å². The number of aromatic nitrogens is 1. The van der Waals surface area contributed by atoms with E-state index in [1.165, 1.54) is 44.1 Å². The van der Waals surface area contributed by atoms with E-state index in [9.17, 15) is 19.2 Å². The van der Waals surface area contributed by atoms with Crippen LogP contribution < -0.4 is 39.0 Å². The summed E-state index contributed by atoms with van der Waals surface area (Å²) < 4.78 is 37.8. The molecule has 0 fully saturated rings. The van der Waals surface area contributed by atoms with Gasteiger partial charge in [-0.2, -0.15) is 5.26 Å². The Bertz CT molecular complexity index is 1820. The zero-order chi connectivity index (χ0) is 29.5. The number of thiazole rings is 1. The summed E-state index contributed by atoms with van der Waals surface area (Å²) in [6.45, 7) is 2.11. The summed E-state index contributed by atoms with van der Waals surface area (Å²) in [7, 11) is 4.45. The number of nitrogens with zero attached hydrogens (tertiary/aromatic N) is 2. The number of benzene rings is 3. The van der Waals surface area contributed by atoms with Crippen molar-refractivity contribution in [2.75, 3.05) is 33.3 Å². The van der Waals surface area contributed by atoms with Crippen LogP contribution in [0.15, 0.2) is 65.5 Å². The fourth-order valence-corrected chi connectivity index (χ4v) is 5.12. The molecule has 41 heavy (non-hydrogen) atoms. The molecule has 210 valence electrons. The molecule has 4 rings (SSSR count). The third-order valence-electron chi connectivity index (χ3n) is 5.93. The van der Waals surface area contributed by atoms with Gasteiger partial charge in [0.25, 0.3) is 11.5 Å². The highest BCUT2D eigenvalue weighted by atomic mass is 32.1. The molecule has 3 aromatic carbocycles. The largest absolute Gasteiger partial charge is 0.496 e. The van der Waals surface area contributed by atoms with Crippen LogP contribution >= 0.6 is 11.3 Å². The van der Waals surface area contributed by atoms with E-state index >= 15 is 0 Å². The number of nitrogens with one attached hydrogen (secondary N) is 1. The lowest BCUT2D eigenvalue weighted by Gasteiger charge is -2.12. The van der Waals surface area contributed by atoms with Crippen molar-refractivity contribution in [3.05, 3.63) is 91.6 Å². The molecule has 0 aliphatic rings. The second-order valence-corrected chi connectivity index (χ2v) is 9.36. The second-order valence-electron chi connectivity index (χ2n) is 8.33. The van der Waals surface area contributed by atoms with Gasteiger partial charge in [-0.25, -0.2) is 4.39 Å². The summed E-state index contributed by atoms with van der Waals surface area (Å²) >= 11 is 0.919. The predicted octanol–water partition coefficient (Wildman–Crippen LogP) is 3.60. The monoisotopic (exact) mass is 575 g/mol. The van der Waals surface area contributed by atoms with Gasteiger partial charge in [0.05, 0.1) is 43.8 Å². The molecular formula is C30H26FN3O6S. The van der Waals surface area contributed by atoms with Crippen molar-refractivity contribution in [1.82, 2.24) is 4.57 Å². The van der Waals surface area contributed by atoms with Gasteiger partial charge in [-0.1, -0.05) is 24.3 Å². The van der Waals surface area contributed by atoms with E-state index in [1.54, 1.807) is 55.5 Å². The Morgan fingerprint density at radius 1 is 1.00 bits per heavy atom. The molecule has 0 saturated heterocycles. The Morgan fingerprint density at radius 3 is 2.32 bits per heavy atom. The molecule has 0 saturated carbocycles. The zero-order valence-electron chi connectivity index (χ0n) is 22.7. The normalized spacial score (nSPS) is 11.9. The summed E-state index contributed by atoms with van der Waals surface area (Å²) in [6.07, 6.45) is 1.57. The first-order valence-corrected chi connectivity index (χ1v) is 13.1.